The van der Waals surface area contributed by atoms with E-state index in [9.17, 15) is 0 Å². The third kappa shape index (κ3) is 3.56. The van der Waals surface area contributed by atoms with Gasteiger partial charge in [0.1, 0.15) is 0 Å². The summed E-state index contributed by atoms with van der Waals surface area (Å²) in [5.41, 5.74) is 2.02. The summed E-state index contributed by atoms with van der Waals surface area (Å²) in [4.78, 5) is 0. The van der Waals surface area contributed by atoms with Gasteiger partial charge in [-0.2, -0.15) is 0 Å². The molecule has 0 aliphatic carbocycles. The van der Waals surface area contributed by atoms with Crippen LogP contribution in [-0.2, 0) is 0 Å². The highest BCUT2D eigenvalue weighted by atomic mass is 79.9. The van der Waals surface area contributed by atoms with Crippen LogP contribution in [0.3, 0.4) is 0 Å². The minimum Gasteiger partial charge on any atom is -0.354 e. The molecule has 0 aliphatic rings. The van der Waals surface area contributed by atoms with Gasteiger partial charge in [-0.05, 0) is 62.2 Å². The van der Waals surface area contributed by atoms with Crippen molar-refractivity contribution in [1.82, 2.24) is 0 Å². The number of hydrogen-bond donors (Lipinski definition) is 1. The fourth-order valence-corrected chi connectivity index (χ4v) is 3.88. The molecule has 0 radical (unpaired) electrons. The van der Waals surface area contributed by atoms with Crippen molar-refractivity contribution in [3.63, 3.8) is 0 Å². The molecule has 2 rings (SSSR count). The van der Waals surface area contributed by atoms with Crippen molar-refractivity contribution in [2.75, 3.05) is 5.32 Å². The molecule has 0 unspecified atom stereocenters. The first-order chi connectivity index (χ1) is 8.06. The van der Waals surface area contributed by atoms with Crippen molar-refractivity contribution in [2.24, 2.45) is 0 Å². The Morgan fingerprint density at radius 1 is 0.765 bits per heavy atom. The molecule has 2 aromatic carbocycles. The van der Waals surface area contributed by atoms with Gasteiger partial charge in [0.25, 0.3) is 0 Å². The first-order valence-corrected chi connectivity index (χ1v) is 7.90. The maximum Gasteiger partial charge on any atom is 0.0673 e. The maximum absolute atomic E-state index is 3.53. The smallest absolute Gasteiger partial charge is 0.0673 e. The Hall–Kier alpha value is 0.160. The van der Waals surface area contributed by atoms with Gasteiger partial charge in [0.15, 0.2) is 0 Å². The van der Waals surface area contributed by atoms with Crippen molar-refractivity contribution in [2.45, 2.75) is 0 Å². The van der Waals surface area contributed by atoms with Gasteiger partial charge in [0, 0.05) is 23.6 Å². The lowest BCUT2D eigenvalue weighted by atomic mass is 10.3. The molecule has 0 bridgehead atoms. The molecule has 0 saturated heterocycles. The van der Waals surface area contributed by atoms with Gasteiger partial charge in [-0.15, -0.1) is 0 Å². The normalized spacial score (nSPS) is 10.4. The third-order valence-electron chi connectivity index (χ3n) is 2.09. The van der Waals surface area contributed by atoms with Crippen LogP contribution in [0.1, 0.15) is 0 Å². The Morgan fingerprint density at radius 3 is 1.82 bits per heavy atom. The summed E-state index contributed by atoms with van der Waals surface area (Å²) in [6.45, 7) is 0. The van der Waals surface area contributed by atoms with Gasteiger partial charge >= 0.3 is 0 Å². The van der Waals surface area contributed by atoms with Crippen LogP contribution >= 0.6 is 63.7 Å². The predicted octanol–water partition coefficient (Wildman–Crippen LogP) is 6.48. The topological polar surface area (TPSA) is 12.0 Å². The number of halogens is 4. The number of anilines is 2. The van der Waals surface area contributed by atoms with Crippen molar-refractivity contribution in [3.8, 4) is 0 Å². The first-order valence-electron chi connectivity index (χ1n) is 4.73. The lowest BCUT2D eigenvalue weighted by Gasteiger charge is -2.11. The molecule has 2 aromatic rings. The summed E-state index contributed by atoms with van der Waals surface area (Å²) in [5, 5.41) is 3.37. The Balaban J connectivity index is 2.38. The fourth-order valence-electron chi connectivity index (χ4n) is 1.39. The molecule has 1 N–H and O–H groups in total. The first kappa shape index (κ1) is 13.6. The minimum atomic E-state index is 1.01. The quantitative estimate of drug-likeness (QED) is 0.514. The second-order valence-corrected chi connectivity index (χ2v) is 6.92. The van der Waals surface area contributed by atoms with E-state index in [-0.39, 0.29) is 0 Å². The average molecular weight is 485 g/mol. The number of hydrogen-bond acceptors (Lipinski definition) is 1. The van der Waals surface area contributed by atoms with E-state index in [4.69, 9.17) is 0 Å². The van der Waals surface area contributed by atoms with Crippen molar-refractivity contribution < 1.29 is 0 Å². The molecule has 0 fully saturated rings. The highest BCUT2D eigenvalue weighted by Crippen LogP contribution is 2.34. The Bertz CT molecular complexity index is 514. The van der Waals surface area contributed by atoms with Gasteiger partial charge in [0.05, 0.1) is 5.69 Å². The van der Waals surface area contributed by atoms with Crippen LogP contribution in [-0.4, -0.2) is 0 Å². The van der Waals surface area contributed by atoms with E-state index in [1.165, 1.54) is 0 Å². The van der Waals surface area contributed by atoms with E-state index >= 15 is 0 Å². The molecule has 0 aromatic heterocycles. The summed E-state index contributed by atoms with van der Waals surface area (Å²) < 4.78 is 4.08. The van der Waals surface area contributed by atoms with Crippen LogP contribution in [0.25, 0.3) is 0 Å². The molecule has 5 heteroatoms. The largest absolute Gasteiger partial charge is 0.354 e. The molecule has 0 aliphatic heterocycles. The molecule has 0 amide bonds. The number of rotatable bonds is 2. The second-order valence-electron chi connectivity index (χ2n) is 3.38. The van der Waals surface area contributed by atoms with Gasteiger partial charge < -0.3 is 5.32 Å². The summed E-state index contributed by atoms with van der Waals surface area (Å²) in [6.07, 6.45) is 0. The predicted molar refractivity (Wildman–Crippen MR) is 87.0 cm³/mol. The van der Waals surface area contributed by atoms with Crippen molar-refractivity contribution >= 4 is 75.1 Å². The van der Waals surface area contributed by atoms with Gasteiger partial charge in [-0.25, -0.2) is 0 Å². The lowest BCUT2D eigenvalue weighted by Crippen LogP contribution is -1.92. The van der Waals surface area contributed by atoms with Crippen LogP contribution < -0.4 is 5.32 Å². The number of benzene rings is 2. The van der Waals surface area contributed by atoms with E-state index in [0.29, 0.717) is 0 Å². The monoisotopic (exact) mass is 481 g/mol. The highest BCUT2D eigenvalue weighted by Gasteiger charge is 2.05. The lowest BCUT2D eigenvalue weighted by molar-refractivity contribution is 1.48. The average Bonchev–Trinajstić information content (AvgIpc) is 2.22. The molecule has 88 valence electrons. The van der Waals surface area contributed by atoms with Gasteiger partial charge in [-0.3, -0.25) is 0 Å². The van der Waals surface area contributed by atoms with Crippen molar-refractivity contribution in [1.29, 1.82) is 0 Å². The van der Waals surface area contributed by atoms with Crippen LogP contribution in [0.2, 0.25) is 0 Å². The molecular formula is C12H7Br4N. The van der Waals surface area contributed by atoms with Gasteiger partial charge in [-0.1, -0.05) is 37.9 Å². The van der Waals surface area contributed by atoms with E-state index in [2.05, 4.69) is 69.0 Å². The highest BCUT2D eigenvalue weighted by molar-refractivity contribution is 9.11. The maximum atomic E-state index is 3.53. The molecule has 0 saturated carbocycles. The zero-order valence-corrected chi connectivity index (χ0v) is 14.8. The van der Waals surface area contributed by atoms with Crippen LogP contribution in [0.15, 0.2) is 54.3 Å². The van der Waals surface area contributed by atoms with Crippen molar-refractivity contribution in [3.05, 3.63) is 54.3 Å². The second kappa shape index (κ2) is 5.87. The van der Waals surface area contributed by atoms with Crippen LogP contribution in [0.5, 0.6) is 0 Å². The number of para-hydroxylation sites is 1. The summed E-state index contributed by atoms with van der Waals surface area (Å²) in [5.74, 6) is 0. The summed E-state index contributed by atoms with van der Waals surface area (Å²) in [6, 6.07) is 12.0. The Morgan fingerprint density at radius 2 is 1.29 bits per heavy atom. The molecular weight excluding hydrogens is 478 g/mol. The van der Waals surface area contributed by atoms with E-state index < -0.39 is 0 Å². The van der Waals surface area contributed by atoms with E-state index in [1.807, 2.05) is 36.4 Å². The zero-order chi connectivity index (χ0) is 12.4. The third-order valence-corrected chi connectivity index (χ3v) is 4.33. The number of nitrogens with one attached hydrogen (secondary N) is 1. The van der Waals surface area contributed by atoms with Crippen LogP contribution in [0.4, 0.5) is 11.4 Å². The van der Waals surface area contributed by atoms with Crippen LogP contribution in [0, 0.1) is 0 Å². The SMILES string of the molecule is Brc1cc(Br)cc(Nc2c(Br)cccc2Br)c1. The molecule has 0 spiro atoms. The summed E-state index contributed by atoms with van der Waals surface area (Å²) >= 11 is 14.0. The fraction of sp³-hybridized carbons (Fsp3) is 0. The summed E-state index contributed by atoms with van der Waals surface area (Å²) in [7, 11) is 0. The molecule has 1 nitrogen and oxygen atoms in total. The van der Waals surface area contributed by atoms with E-state index in [1.54, 1.807) is 0 Å². The Kier molecular flexibility index (Phi) is 4.69. The minimum absolute atomic E-state index is 1.01. The molecule has 0 heterocycles. The Labute approximate surface area is 134 Å². The standard InChI is InChI=1S/C12H7Br4N/c13-7-4-8(14)6-9(5-7)17-12-10(15)2-1-3-11(12)16/h1-6,17H. The molecule has 0 atom stereocenters. The molecule has 17 heavy (non-hydrogen) atoms. The van der Waals surface area contributed by atoms with E-state index in [0.717, 1.165) is 29.3 Å². The zero-order valence-electron chi connectivity index (χ0n) is 8.48. The van der Waals surface area contributed by atoms with Gasteiger partial charge in [0.2, 0.25) is 0 Å².